The average molecular weight is 303 g/mol. The van der Waals surface area contributed by atoms with Gasteiger partial charge in [-0.25, -0.2) is 10.1 Å². The van der Waals surface area contributed by atoms with Crippen LogP contribution in [0, 0.1) is 11.8 Å². The van der Waals surface area contributed by atoms with Gasteiger partial charge in [0.15, 0.2) is 0 Å². The van der Waals surface area contributed by atoms with E-state index in [1.807, 2.05) is 0 Å². The molecule has 2 aromatic heterocycles. The van der Waals surface area contributed by atoms with Gasteiger partial charge in [0.25, 0.3) is 10.7 Å². The zero-order valence-electron chi connectivity index (χ0n) is 11.1. The lowest BCUT2D eigenvalue weighted by Gasteiger charge is -1.96. The number of nitrogens with one attached hydrogen (secondary N) is 1. The van der Waals surface area contributed by atoms with E-state index in [1.165, 1.54) is 5.56 Å². The number of H-pyrrole nitrogens is 1. The van der Waals surface area contributed by atoms with Crippen LogP contribution in [0.1, 0.15) is 18.2 Å². The molecule has 0 aliphatic heterocycles. The first-order chi connectivity index (χ1) is 9.67. The second-order valence-corrected chi connectivity index (χ2v) is 5.80. The van der Waals surface area contributed by atoms with Crippen molar-refractivity contribution in [3.63, 3.8) is 0 Å². The summed E-state index contributed by atoms with van der Waals surface area (Å²) in [6, 6.07) is 8.33. The van der Waals surface area contributed by atoms with Crippen molar-refractivity contribution in [1.82, 2.24) is 15.2 Å². The first kappa shape index (κ1) is 13.2. The molecule has 20 heavy (non-hydrogen) atoms. The lowest BCUT2D eigenvalue weighted by atomic mass is 10.2. The van der Waals surface area contributed by atoms with Gasteiger partial charge in [-0.3, -0.25) is 0 Å². The van der Waals surface area contributed by atoms with E-state index in [0.29, 0.717) is 5.89 Å². The van der Waals surface area contributed by atoms with Crippen LogP contribution in [0.4, 0.5) is 0 Å². The van der Waals surface area contributed by atoms with Crippen LogP contribution < -0.4 is 0 Å². The van der Waals surface area contributed by atoms with Gasteiger partial charge in [0.1, 0.15) is 9.88 Å². The Hall–Kier alpha value is -1.79. The monoisotopic (exact) mass is 303 g/mol. The topological polar surface area (TPSA) is 54.7 Å². The fraction of sp³-hybridized carbons (Fsp3) is 0.214. The Bertz CT molecular complexity index is 783. The third-order valence-electron chi connectivity index (χ3n) is 2.96. The molecular weight excluding hydrogens is 290 g/mol. The summed E-state index contributed by atoms with van der Waals surface area (Å²) < 4.78 is 5.40. The Kier molecular flexibility index (Phi) is 3.50. The number of aromatic amines is 1. The van der Waals surface area contributed by atoms with E-state index in [-0.39, 0.29) is 4.84 Å². The number of rotatable bonds is 3. The minimum Gasteiger partial charge on any atom is -0.408 e. The molecule has 0 spiro atoms. The summed E-state index contributed by atoms with van der Waals surface area (Å²) in [6.45, 7) is 4.14. The highest BCUT2D eigenvalue weighted by atomic mass is 32.1. The molecule has 3 rings (SSSR count). The van der Waals surface area contributed by atoms with Gasteiger partial charge < -0.3 is 4.42 Å². The molecule has 0 bridgehead atoms. The largest absolute Gasteiger partial charge is 0.408 e. The van der Waals surface area contributed by atoms with Gasteiger partial charge in [0.2, 0.25) is 0 Å². The van der Waals surface area contributed by atoms with E-state index >= 15 is 0 Å². The van der Waals surface area contributed by atoms with E-state index in [2.05, 4.69) is 53.3 Å². The van der Waals surface area contributed by atoms with Crippen LogP contribution in [-0.4, -0.2) is 15.2 Å². The fourth-order valence-corrected chi connectivity index (χ4v) is 3.12. The van der Waals surface area contributed by atoms with E-state index in [1.54, 1.807) is 11.3 Å². The van der Waals surface area contributed by atoms with Crippen molar-refractivity contribution in [1.29, 1.82) is 0 Å². The second kappa shape index (κ2) is 5.30. The zero-order chi connectivity index (χ0) is 14.1. The minimum atomic E-state index is 0.285. The smallest absolute Gasteiger partial charge is 0.284 e. The molecule has 0 aliphatic rings. The van der Waals surface area contributed by atoms with Crippen LogP contribution in [0.25, 0.3) is 21.3 Å². The van der Waals surface area contributed by atoms with Crippen molar-refractivity contribution < 1.29 is 4.42 Å². The van der Waals surface area contributed by atoms with Gasteiger partial charge in [-0.1, -0.05) is 36.8 Å². The van der Waals surface area contributed by atoms with Gasteiger partial charge in [-0.05, 0) is 25.6 Å². The summed E-state index contributed by atoms with van der Waals surface area (Å²) in [5.41, 5.74) is 3.32. The van der Waals surface area contributed by atoms with Crippen molar-refractivity contribution >= 4 is 23.6 Å². The molecule has 2 heterocycles. The highest BCUT2D eigenvalue weighted by Crippen LogP contribution is 2.34. The number of benzene rings is 1. The molecule has 0 fully saturated rings. The first-order valence-corrected chi connectivity index (χ1v) is 7.52. The number of thiazole rings is 1. The molecule has 6 heteroatoms. The predicted molar refractivity (Wildman–Crippen MR) is 82.3 cm³/mol. The number of aryl methyl sites for hydroxylation is 2. The van der Waals surface area contributed by atoms with Gasteiger partial charge in [0, 0.05) is 5.56 Å². The molecule has 0 unspecified atom stereocenters. The molecule has 4 nitrogen and oxygen atoms in total. The maximum Gasteiger partial charge on any atom is 0.284 e. The summed E-state index contributed by atoms with van der Waals surface area (Å²) in [6.07, 6.45) is 0.826. The van der Waals surface area contributed by atoms with Gasteiger partial charge in [-0.2, -0.15) is 0 Å². The predicted octanol–water partition coefficient (Wildman–Crippen LogP) is 4.39. The molecular formula is C14H13N3OS2. The third-order valence-corrected chi connectivity index (χ3v) is 4.27. The Balaban J connectivity index is 2.08. The number of nitrogens with zero attached hydrogens (tertiary/aromatic N) is 2. The zero-order valence-corrected chi connectivity index (χ0v) is 12.8. The quantitative estimate of drug-likeness (QED) is 0.729. The van der Waals surface area contributed by atoms with Crippen molar-refractivity contribution in [2.24, 2.45) is 0 Å². The van der Waals surface area contributed by atoms with Crippen molar-refractivity contribution in [3.8, 4) is 21.3 Å². The van der Waals surface area contributed by atoms with Crippen LogP contribution >= 0.6 is 23.6 Å². The Labute approximate surface area is 125 Å². The standard InChI is InChI=1S/C14H13N3OS2/c1-3-10-11(12-16-17-14(19)18-12)20-13(15-10)9-6-4-8(2)5-7-9/h4-7H,3H2,1-2H3,(H,17,19). The van der Waals surface area contributed by atoms with Crippen molar-refractivity contribution in [3.05, 3.63) is 40.4 Å². The number of aromatic nitrogens is 3. The maximum atomic E-state index is 5.40. The average Bonchev–Trinajstić information content (AvgIpc) is 3.05. The fourth-order valence-electron chi connectivity index (χ4n) is 1.91. The van der Waals surface area contributed by atoms with Gasteiger partial charge >= 0.3 is 0 Å². The summed E-state index contributed by atoms with van der Waals surface area (Å²) in [5, 5.41) is 7.72. The lowest BCUT2D eigenvalue weighted by Crippen LogP contribution is -1.84. The normalized spacial score (nSPS) is 10.9. The van der Waals surface area contributed by atoms with Crippen molar-refractivity contribution in [2.75, 3.05) is 0 Å². The molecule has 0 aliphatic carbocycles. The summed E-state index contributed by atoms with van der Waals surface area (Å²) >= 11 is 6.50. The Morgan fingerprint density at radius 1 is 1.30 bits per heavy atom. The SMILES string of the molecule is CCc1nc(-c2ccc(C)cc2)sc1-c1n[nH]c(=S)o1. The molecule has 0 saturated heterocycles. The van der Waals surface area contributed by atoms with Crippen LogP contribution in [0.15, 0.2) is 28.7 Å². The van der Waals surface area contributed by atoms with E-state index in [0.717, 1.165) is 27.6 Å². The Morgan fingerprint density at radius 3 is 2.65 bits per heavy atom. The number of hydrogen-bond acceptors (Lipinski definition) is 5. The molecule has 3 aromatic rings. The van der Waals surface area contributed by atoms with E-state index in [4.69, 9.17) is 16.6 Å². The van der Waals surface area contributed by atoms with Crippen LogP contribution in [-0.2, 0) is 6.42 Å². The highest BCUT2D eigenvalue weighted by Gasteiger charge is 2.16. The summed E-state index contributed by atoms with van der Waals surface area (Å²) in [4.78, 5) is 5.91. The first-order valence-electron chi connectivity index (χ1n) is 6.30. The molecule has 0 radical (unpaired) electrons. The highest BCUT2D eigenvalue weighted by molar-refractivity contribution is 7.71. The number of hydrogen-bond donors (Lipinski definition) is 1. The Morgan fingerprint density at radius 2 is 2.05 bits per heavy atom. The minimum absolute atomic E-state index is 0.285. The summed E-state index contributed by atoms with van der Waals surface area (Å²) in [7, 11) is 0. The second-order valence-electron chi connectivity index (χ2n) is 4.43. The third kappa shape index (κ3) is 2.44. The molecule has 102 valence electrons. The maximum absolute atomic E-state index is 5.40. The lowest BCUT2D eigenvalue weighted by molar-refractivity contribution is 0.552. The van der Waals surface area contributed by atoms with E-state index < -0.39 is 0 Å². The molecule has 0 amide bonds. The van der Waals surface area contributed by atoms with Crippen LogP contribution in [0.5, 0.6) is 0 Å². The summed E-state index contributed by atoms with van der Waals surface area (Å²) in [5.74, 6) is 0.516. The van der Waals surface area contributed by atoms with E-state index in [9.17, 15) is 0 Å². The molecule has 1 N–H and O–H groups in total. The van der Waals surface area contributed by atoms with Crippen LogP contribution in [0.3, 0.4) is 0 Å². The molecule has 0 saturated carbocycles. The van der Waals surface area contributed by atoms with Crippen LogP contribution in [0.2, 0.25) is 0 Å². The van der Waals surface area contributed by atoms with Gasteiger partial charge in [0.05, 0.1) is 5.69 Å². The molecule has 1 aromatic carbocycles. The molecule has 0 atom stereocenters. The van der Waals surface area contributed by atoms with Crippen molar-refractivity contribution in [2.45, 2.75) is 20.3 Å². The van der Waals surface area contributed by atoms with Gasteiger partial charge in [-0.15, -0.1) is 16.4 Å².